The predicted octanol–water partition coefficient (Wildman–Crippen LogP) is 2.30. The van der Waals surface area contributed by atoms with Crippen LogP contribution in [0.15, 0.2) is 24.3 Å². The summed E-state index contributed by atoms with van der Waals surface area (Å²) in [6.45, 7) is 3.13. The van der Waals surface area contributed by atoms with Crippen molar-refractivity contribution in [2.45, 2.75) is 31.9 Å². The number of nitrogens with one attached hydrogen (secondary N) is 1. The van der Waals surface area contributed by atoms with Crippen molar-refractivity contribution in [2.24, 2.45) is 0 Å². The van der Waals surface area contributed by atoms with Gasteiger partial charge in [0.2, 0.25) is 0 Å². The molecule has 0 fully saturated rings. The molecule has 0 amide bonds. The van der Waals surface area contributed by atoms with E-state index in [1.54, 1.807) is 0 Å². The van der Waals surface area contributed by atoms with E-state index < -0.39 is 0 Å². The molecule has 0 radical (unpaired) electrons. The lowest BCUT2D eigenvalue weighted by atomic mass is 9.85. The molecule has 0 saturated carbocycles. The molecule has 0 aliphatic heterocycles. The number of aryl methyl sites for hydroxylation is 1. The zero-order valence-corrected chi connectivity index (χ0v) is 9.49. The van der Waals surface area contributed by atoms with Crippen molar-refractivity contribution in [1.82, 2.24) is 5.32 Å². The lowest BCUT2D eigenvalue weighted by Gasteiger charge is -2.33. The zero-order valence-electron chi connectivity index (χ0n) is 9.49. The maximum atomic E-state index is 5.55. The lowest BCUT2D eigenvalue weighted by Crippen LogP contribution is -2.37. The van der Waals surface area contributed by atoms with Gasteiger partial charge in [0.15, 0.2) is 0 Å². The number of methoxy groups -OCH3 is 1. The highest BCUT2D eigenvalue weighted by Crippen LogP contribution is 2.31. The summed E-state index contributed by atoms with van der Waals surface area (Å²) in [5, 5.41) is 3.52. The van der Waals surface area contributed by atoms with Gasteiger partial charge < -0.3 is 10.1 Å². The number of rotatable bonds is 3. The summed E-state index contributed by atoms with van der Waals surface area (Å²) in [5.41, 5.74) is 2.88. The van der Waals surface area contributed by atoms with E-state index in [9.17, 15) is 0 Å². The van der Waals surface area contributed by atoms with Crippen LogP contribution >= 0.6 is 0 Å². The molecule has 2 atom stereocenters. The van der Waals surface area contributed by atoms with Gasteiger partial charge in [-0.3, -0.25) is 0 Å². The van der Waals surface area contributed by atoms with Gasteiger partial charge >= 0.3 is 0 Å². The molecule has 15 heavy (non-hydrogen) atoms. The molecule has 2 unspecified atom stereocenters. The minimum Gasteiger partial charge on any atom is -0.379 e. The first-order valence-electron chi connectivity index (χ1n) is 5.70. The van der Waals surface area contributed by atoms with Crippen molar-refractivity contribution in [3.8, 4) is 0 Å². The number of fused-ring (bicyclic) bond motifs is 1. The molecular formula is C13H19NO. The molecule has 1 aliphatic carbocycles. The molecule has 1 aromatic rings. The summed E-state index contributed by atoms with van der Waals surface area (Å²) in [7, 11) is 1.81. The van der Waals surface area contributed by atoms with Gasteiger partial charge in [0.05, 0.1) is 12.1 Å². The Labute approximate surface area is 91.6 Å². The van der Waals surface area contributed by atoms with Crippen LogP contribution < -0.4 is 5.32 Å². The monoisotopic (exact) mass is 205 g/mol. The molecule has 0 saturated heterocycles. The van der Waals surface area contributed by atoms with Gasteiger partial charge in [-0.1, -0.05) is 31.2 Å². The first kappa shape index (κ1) is 10.7. The highest BCUT2D eigenvalue weighted by Gasteiger charge is 2.28. The normalized spacial score (nSPS) is 24.9. The van der Waals surface area contributed by atoms with Crippen molar-refractivity contribution in [1.29, 1.82) is 0 Å². The lowest BCUT2D eigenvalue weighted by molar-refractivity contribution is 0.0561. The Balaban J connectivity index is 2.29. The van der Waals surface area contributed by atoms with Gasteiger partial charge in [-0.05, 0) is 30.5 Å². The van der Waals surface area contributed by atoms with Crippen LogP contribution in [-0.4, -0.2) is 19.8 Å². The molecular weight excluding hydrogens is 186 g/mol. The average Bonchev–Trinajstić information content (AvgIpc) is 2.30. The largest absolute Gasteiger partial charge is 0.379 e. The zero-order chi connectivity index (χ0) is 10.7. The van der Waals surface area contributed by atoms with Gasteiger partial charge in [-0.15, -0.1) is 0 Å². The fraction of sp³-hybridized carbons (Fsp3) is 0.538. The van der Waals surface area contributed by atoms with E-state index in [-0.39, 0.29) is 0 Å². The third-order valence-corrected chi connectivity index (χ3v) is 3.19. The van der Waals surface area contributed by atoms with Crippen molar-refractivity contribution in [3.63, 3.8) is 0 Å². The van der Waals surface area contributed by atoms with Gasteiger partial charge in [0.1, 0.15) is 0 Å². The van der Waals surface area contributed by atoms with E-state index in [0.717, 1.165) is 19.4 Å². The van der Waals surface area contributed by atoms with Gasteiger partial charge in [0, 0.05) is 7.11 Å². The van der Waals surface area contributed by atoms with E-state index in [0.29, 0.717) is 12.1 Å². The van der Waals surface area contributed by atoms with Crippen LogP contribution in [0.1, 0.15) is 30.5 Å². The van der Waals surface area contributed by atoms with E-state index in [2.05, 4.69) is 36.5 Å². The molecule has 0 spiro atoms. The Kier molecular flexibility index (Phi) is 3.39. The number of hydrogen-bond acceptors (Lipinski definition) is 2. The minimum atomic E-state index is 0.319. The van der Waals surface area contributed by atoms with Crippen molar-refractivity contribution in [3.05, 3.63) is 35.4 Å². The Morgan fingerprint density at radius 2 is 2.20 bits per heavy atom. The Bertz CT molecular complexity index is 324. The van der Waals surface area contributed by atoms with Crippen LogP contribution in [0, 0.1) is 0 Å². The highest BCUT2D eigenvalue weighted by atomic mass is 16.5. The van der Waals surface area contributed by atoms with Gasteiger partial charge in [0.25, 0.3) is 0 Å². The van der Waals surface area contributed by atoms with Crippen LogP contribution in [0.4, 0.5) is 0 Å². The van der Waals surface area contributed by atoms with Crippen molar-refractivity contribution < 1.29 is 4.74 Å². The summed E-state index contributed by atoms with van der Waals surface area (Å²) >= 11 is 0. The molecule has 2 rings (SSSR count). The second-order valence-electron chi connectivity index (χ2n) is 4.05. The molecule has 82 valence electrons. The summed E-state index contributed by atoms with van der Waals surface area (Å²) in [5.74, 6) is 0. The first-order chi connectivity index (χ1) is 7.36. The Morgan fingerprint density at radius 3 is 2.93 bits per heavy atom. The third-order valence-electron chi connectivity index (χ3n) is 3.19. The Morgan fingerprint density at radius 1 is 1.40 bits per heavy atom. The maximum Gasteiger partial charge on any atom is 0.0769 e. The molecule has 0 bridgehead atoms. The fourth-order valence-corrected chi connectivity index (χ4v) is 2.45. The minimum absolute atomic E-state index is 0.319. The van der Waals surface area contributed by atoms with Gasteiger partial charge in [-0.2, -0.15) is 0 Å². The summed E-state index contributed by atoms with van der Waals surface area (Å²) in [6, 6.07) is 9.04. The molecule has 0 aromatic heterocycles. The van der Waals surface area contributed by atoms with Crippen LogP contribution in [0.5, 0.6) is 0 Å². The number of ether oxygens (including phenoxy) is 1. The predicted molar refractivity (Wildman–Crippen MR) is 62.0 cm³/mol. The quantitative estimate of drug-likeness (QED) is 0.817. The number of hydrogen-bond donors (Lipinski definition) is 1. The fourth-order valence-electron chi connectivity index (χ4n) is 2.45. The van der Waals surface area contributed by atoms with E-state index >= 15 is 0 Å². The molecule has 2 nitrogen and oxygen atoms in total. The Hall–Kier alpha value is -0.860. The molecule has 2 heteroatoms. The maximum absolute atomic E-state index is 5.55. The molecule has 1 aliphatic rings. The van der Waals surface area contributed by atoms with Crippen LogP contribution in [0.25, 0.3) is 0 Å². The molecule has 1 N–H and O–H groups in total. The summed E-state index contributed by atoms with van der Waals surface area (Å²) in [4.78, 5) is 0. The van der Waals surface area contributed by atoms with Crippen LogP contribution in [-0.2, 0) is 11.2 Å². The SMILES string of the molecule is CCNC1c2ccccc2CCC1OC. The van der Waals surface area contributed by atoms with E-state index in [4.69, 9.17) is 4.74 Å². The van der Waals surface area contributed by atoms with Crippen molar-refractivity contribution in [2.75, 3.05) is 13.7 Å². The molecule has 0 heterocycles. The standard InChI is InChI=1S/C13H19NO/c1-3-14-13-11-7-5-4-6-10(11)8-9-12(13)15-2/h4-7,12-14H,3,8-9H2,1-2H3. The summed E-state index contributed by atoms with van der Waals surface area (Å²) < 4.78 is 5.55. The van der Waals surface area contributed by atoms with Gasteiger partial charge in [-0.25, -0.2) is 0 Å². The first-order valence-corrected chi connectivity index (χ1v) is 5.70. The third kappa shape index (κ3) is 2.06. The van der Waals surface area contributed by atoms with E-state index in [1.807, 2.05) is 7.11 Å². The smallest absolute Gasteiger partial charge is 0.0769 e. The highest BCUT2D eigenvalue weighted by molar-refractivity contribution is 5.33. The second kappa shape index (κ2) is 4.77. The number of benzene rings is 1. The van der Waals surface area contributed by atoms with E-state index in [1.165, 1.54) is 11.1 Å². The van der Waals surface area contributed by atoms with Crippen LogP contribution in [0.2, 0.25) is 0 Å². The number of likely N-dealkylation sites (N-methyl/N-ethyl adjacent to an activating group) is 1. The summed E-state index contributed by atoms with van der Waals surface area (Å²) in [6.07, 6.45) is 2.57. The topological polar surface area (TPSA) is 21.3 Å². The van der Waals surface area contributed by atoms with Crippen molar-refractivity contribution >= 4 is 0 Å². The molecule has 1 aromatic carbocycles. The van der Waals surface area contributed by atoms with Crippen LogP contribution in [0.3, 0.4) is 0 Å². The second-order valence-corrected chi connectivity index (χ2v) is 4.05. The average molecular weight is 205 g/mol.